The number of aromatic nitrogens is 2. The minimum Gasteiger partial charge on any atom is -0.366 e. The number of benzene rings is 1. The van der Waals surface area contributed by atoms with Gasteiger partial charge in [-0.1, -0.05) is 26.0 Å². The molecular formula is C18H19N5O. The van der Waals surface area contributed by atoms with E-state index < -0.39 is 0 Å². The number of anilines is 1. The molecule has 1 amide bonds. The van der Waals surface area contributed by atoms with E-state index in [1.54, 1.807) is 6.07 Å². The minimum absolute atomic E-state index is 0.132. The molecule has 24 heavy (non-hydrogen) atoms. The van der Waals surface area contributed by atoms with Gasteiger partial charge in [-0.05, 0) is 24.1 Å². The van der Waals surface area contributed by atoms with Crippen molar-refractivity contribution in [2.75, 3.05) is 11.9 Å². The largest absolute Gasteiger partial charge is 0.366 e. The van der Waals surface area contributed by atoms with Gasteiger partial charge < -0.3 is 10.6 Å². The Hall–Kier alpha value is -2.94. The van der Waals surface area contributed by atoms with E-state index in [4.69, 9.17) is 5.26 Å². The molecule has 0 unspecified atom stereocenters. The third-order valence-electron chi connectivity index (χ3n) is 3.93. The third kappa shape index (κ3) is 3.20. The summed E-state index contributed by atoms with van der Waals surface area (Å²) in [4.78, 5) is 21.1. The predicted octanol–water partition coefficient (Wildman–Crippen LogP) is 2.37. The van der Waals surface area contributed by atoms with Crippen molar-refractivity contribution in [2.24, 2.45) is 0 Å². The van der Waals surface area contributed by atoms with Crippen molar-refractivity contribution in [3.05, 3.63) is 52.5 Å². The second-order valence-corrected chi connectivity index (χ2v) is 6.08. The van der Waals surface area contributed by atoms with Crippen molar-refractivity contribution in [1.82, 2.24) is 15.3 Å². The average Bonchev–Trinajstić information content (AvgIpc) is 2.60. The summed E-state index contributed by atoms with van der Waals surface area (Å²) in [6, 6.07) is 9.57. The highest BCUT2D eigenvalue weighted by Gasteiger charge is 2.24. The molecule has 0 spiro atoms. The Morgan fingerprint density at radius 2 is 2.21 bits per heavy atom. The third-order valence-corrected chi connectivity index (χ3v) is 3.93. The van der Waals surface area contributed by atoms with E-state index >= 15 is 0 Å². The summed E-state index contributed by atoms with van der Waals surface area (Å²) < 4.78 is 0. The number of amides is 1. The maximum Gasteiger partial charge on any atom is 0.270 e. The molecule has 0 aliphatic carbocycles. The van der Waals surface area contributed by atoms with Crippen LogP contribution in [-0.4, -0.2) is 22.4 Å². The Balaban J connectivity index is 1.91. The number of carbonyl (C=O) groups is 1. The van der Waals surface area contributed by atoms with Gasteiger partial charge in [0.2, 0.25) is 0 Å². The van der Waals surface area contributed by atoms with Gasteiger partial charge in [0.15, 0.2) is 0 Å². The first-order valence-electron chi connectivity index (χ1n) is 8.00. The zero-order valence-electron chi connectivity index (χ0n) is 13.8. The van der Waals surface area contributed by atoms with E-state index in [1.165, 1.54) is 0 Å². The van der Waals surface area contributed by atoms with Crippen LogP contribution in [0.1, 0.15) is 52.8 Å². The van der Waals surface area contributed by atoms with Gasteiger partial charge in [-0.25, -0.2) is 9.97 Å². The molecule has 1 aliphatic rings. The van der Waals surface area contributed by atoms with Crippen LogP contribution in [-0.2, 0) is 13.0 Å². The number of nitrogens with one attached hydrogen (secondary N) is 2. The van der Waals surface area contributed by atoms with Gasteiger partial charge in [0, 0.05) is 24.6 Å². The highest BCUT2D eigenvalue weighted by Crippen LogP contribution is 2.23. The van der Waals surface area contributed by atoms with E-state index in [0.29, 0.717) is 42.4 Å². The number of rotatable bonds is 4. The molecule has 122 valence electrons. The molecule has 2 heterocycles. The molecule has 1 aromatic carbocycles. The first-order chi connectivity index (χ1) is 11.6. The van der Waals surface area contributed by atoms with Crippen LogP contribution >= 0.6 is 0 Å². The van der Waals surface area contributed by atoms with Gasteiger partial charge in [0.05, 0.1) is 11.6 Å². The molecule has 0 bridgehead atoms. The fraction of sp³-hybridized carbons (Fsp3) is 0.333. The van der Waals surface area contributed by atoms with Crippen LogP contribution in [0.5, 0.6) is 0 Å². The van der Waals surface area contributed by atoms with E-state index in [-0.39, 0.29) is 11.8 Å². The lowest BCUT2D eigenvalue weighted by Crippen LogP contribution is -2.34. The molecule has 3 rings (SSSR count). The molecule has 6 nitrogen and oxygen atoms in total. The zero-order chi connectivity index (χ0) is 17.1. The van der Waals surface area contributed by atoms with Gasteiger partial charge >= 0.3 is 0 Å². The summed E-state index contributed by atoms with van der Waals surface area (Å²) in [6.07, 6.45) is 0.708. The van der Waals surface area contributed by atoms with Gasteiger partial charge in [-0.15, -0.1) is 0 Å². The monoisotopic (exact) mass is 321 g/mol. The van der Waals surface area contributed by atoms with Crippen molar-refractivity contribution in [2.45, 2.75) is 32.7 Å². The van der Waals surface area contributed by atoms with E-state index in [9.17, 15) is 4.79 Å². The fourth-order valence-corrected chi connectivity index (χ4v) is 2.65. The van der Waals surface area contributed by atoms with Crippen LogP contribution in [0.25, 0.3) is 0 Å². The minimum atomic E-state index is -0.143. The average molecular weight is 321 g/mol. The number of carbonyl (C=O) groups excluding carboxylic acids is 1. The summed E-state index contributed by atoms with van der Waals surface area (Å²) in [5.41, 5.74) is 2.95. The molecular weight excluding hydrogens is 302 g/mol. The smallest absolute Gasteiger partial charge is 0.270 e. The number of nitrogens with zero attached hydrogens (tertiary/aromatic N) is 3. The Bertz CT molecular complexity index is 823. The molecule has 1 aromatic heterocycles. The van der Waals surface area contributed by atoms with Crippen molar-refractivity contribution >= 4 is 11.7 Å². The van der Waals surface area contributed by atoms with Crippen molar-refractivity contribution < 1.29 is 4.79 Å². The van der Waals surface area contributed by atoms with E-state index in [1.807, 2.05) is 32.0 Å². The SMILES string of the molecule is CC(C)c1nc(NCc2cccc(C#N)c2)c2c(n1)C(=O)NCC2. The summed E-state index contributed by atoms with van der Waals surface area (Å²) in [5.74, 6) is 1.35. The second-order valence-electron chi connectivity index (χ2n) is 6.08. The predicted molar refractivity (Wildman–Crippen MR) is 90.6 cm³/mol. The maximum atomic E-state index is 12.1. The summed E-state index contributed by atoms with van der Waals surface area (Å²) in [6.45, 7) is 5.14. The second kappa shape index (κ2) is 6.67. The highest BCUT2D eigenvalue weighted by molar-refractivity contribution is 5.96. The Morgan fingerprint density at radius 1 is 1.38 bits per heavy atom. The molecule has 6 heteroatoms. The van der Waals surface area contributed by atoms with Crippen LogP contribution < -0.4 is 10.6 Å². The number of nitriles is 1. The van der Waals surface area contributed by atoms with Gasteiger partial charge in [-0.2, -0.15) is 5.26 Å². The fourth-order valence-electron chi connectivity index (χ4n) is 2.65. The maximum absolute atomic E-state index is 12.1. The number of hydrogen-bond donors (Lipinski definition) is 2. The van der Waals surface area contributed by atoms with Crippen LogP contribution in [0.4, 0.5) is 5.82 Å². The lowest BCUT2D eigenvalue weighted by Gasteiger charge is -2.21. The molecule has 2 N–H and O–H groups in total. The zero-order valence-corrected chi connectivity index (χ0v) is 13.8. The van der Waals surface area contributed by atoms with Crippen molar-refractivity contribution in [3.63, 3.8) is 0 Å². The van der Waals surface area contributed by atoms with Crippen LogP contribution in [0.15, 0.2) is 24.3 Å². The van der Waals surface area contributed by atoms with Crippen LogP contribution in [0, 0.1) is 11.3 Å². The molecule has 0 saturated heterocycles. The number of fused-ring (bicyclic) bond motifs is 1. The lowest BCUT2D eigenvalue weighted by molar-refractivity contribution is 0.0940. The molecule has 0 saturated carbocycles. The summed E-state index contributed by atoms with van der Waals surface area (Å²) >= 11 is 0. The topological polar surface area (TPSA) is 90.7 Å². The molecule has 0 radical (unpaired) electrons. The highest BCUT2D eigenvalue weighted by atomic mass is 16.1. The summed E-state index contributed by atoms with van der Waals surface area (Å²) in [5, 5.41) is 15.1. The Kier molecular flexibility index (Phi) is 4.43. The quantitative estimate of drug-likeness (QED) is 0.902. The van der Waals surface area contributed by atoms with E-state index in [0.717, 1.165) is 11.1 Å². The molecule has 0 fully saturated rings. The van der Waals surface area contributed by atoms with Crippen molar-refractivity contribution in [3.8, 4) is 6.07 Å². The van der Waals surface area contributed by atoms with Crippen molar-refractivity contribution in [1.29, 1.82) is 5.26 Å². The Labute approximate surface area is 140 Å². The Morgan fingerprint density at radius 3 is 2.96 bits per heavy atom. The van der Waals surface area contributed by atoms with Gasteiger partial charge in [0.1, 0.15) is 17.3 Å². The van der Waals surface area contributed by atoms with Crippen LogP contribution in [0.3, 0.4) is 0 Å². The van der Waals surface area contributed by atoms with Crippen LogP contribution in [0.2, 0.25) is 0 Å². The normalized spacial score (nSPS) is 13.2. The van der Waals surface area contributed by atoms with E-state index in [2.05, 4.69) is 26.7 Å². The standard InChI is InChI=1S/C18H19N5O/c1-11(2)16-22-15-14(6-7-20-18(15)24)17(23-16)21-10-13-5-3-4-12(8-13)9-19/h3-5,8,11H,6-7,10H2,1-2H3,(H,20,24)(H,21,22,23). The lowest BCUT2D eigenvalue weighted by atomic mass is 10.0. The summed E-state index contributed by atoms with van der Waals surface area (Å²) in [7, 11) is 0. The molecule has 2 aromatic rings. The van der Waals surface area contributed by atoms with Gasteiger partial charge in [0.25, 0.3) is 5.91 Å². The molecule has 1 aliphatic heterocycles. The number of hydrogen-bond acceptors (Lipinski definition) is 5. The first kappa shape index (κ1) is 15.9. The first-order valence-corrected chi connectivity index (χ1v) is 8.00. The molecule has 0 atom stereocenters. The van der Waals surface area contributed by atoms with Gasteiger partial charge in [-0.3, -0.25) is 4.79 Å².